The van der Waals surface area contributed by atoms with Crippen molar-refractivity contribution in [2.45, 2.75) is 0 Å². The second-order valence-corrected chi connectivity index (χ2v) is 6.61. The zero-order chi connectivity index (χ0) is 17.0. The molecule has 0 aliphatic carbocycles. The van der Waals surface area contributed by atoms with Crippen molar-refractivity contribution in [2.75, 3.05) is 0 Å². The number of fused-ring (bicyclic) bond motifs is 2. The Bertz CT molecular complexity index is 1180. The fraction of sp³-hybridized carbons (Fsp3) is 0. The average Bonchev–Trinajstić information content (AvgIpc) is 3.00. The van der Waals surface area contributed by atoms with Crippen LogP contribution in [0.25, 0.3) is 16.8 Å². The molecule has 120 valence electrons. The maximum Gasteiger partial charge on any atom is 0.137 e. The number of aliphatic imine (C=N–C) groups is 1. The Hall–Kier alpha value is -2.99. The molecule has 2 aromatic heterocycles. The van der Waals surface area contributed by atoms with Crippen molar-refractivity contribution in [3.05, 3.63) is 76.7 Å². The first-order chi connectivity index (χ1) is 12.2. The van der Waals surface area contributed by atoms with E-state index in [9.17, 15) is 5.11 Å². The SMILES string of the molecule is [O-]c1ccc(C2=Nc3ccccc3-c3ncnn4ccc2c34)cc1Br. The Kier molecular flexibility index (Phi) is 3.02. The van der Waals surface area contributed by atoms with Gasteiger partial charge in [0.05, 0.1) is 11.4 Å². The first kappa shape index (κ1) is 14.4. The van der Waals surface area contributed by atoms with Crippen molar-refractivity contribution in [1.82, 2.24) is 14.6 Å². The summed E-state index contributed by atoms with van der Waals surface area (Å²) in [5.74, 6) is -0.0517. The van der Waals surface area contributed by atoms with Crippen LogP contribution < -0.4 is 5.11 Å². The van der Waals surface area contributed by atoms with Gasteiger partial charge in [-0.1, -0.05) is 52.0 Å². The van der Waals surface area contributed by atoms with E-state index in [4.69, 9.17) is 4.99 Å². The van der Waals surface area contributed by atoms with E-state index < -0.39 is 0 Å². The van der Waals surface area contributed by atoms with Crippen LogP contribution in [0.3, 0.4) is 0 Å². The number of benzene rings is 2. The predicted octanol–water partition coefficient (Wildman–Crippen LogP) is 3.71. The van der Waals surface area contributed by atoms with Crippen molar-refractivity contribution < 1.29 is 5.11 Å². The smallest absolute Gasteiger partial charge is 0.137 e. The second kappa shape index (κ2) is 5.26. The highest BCUT2D eigenvalue weighted by molar-refractivity contribution is 9.10. The Balaban J connectivity index is 1.90. The molecule has 25 heavy (non-hydrogen) atoms. The van der Waals surface area contributed by atoms with Gasteiger partial charge in [-0.05, 0) is 18.2 Å². The van der Waals surface area contributed by atoms with Gasteiger partial charge in [-0.3, -0.25) is 0 Å². The molecule has 1 aliphatic rings. The zero-order valence-corrected chi connectivity index (χ0v) is 14.4. The van der Waals surface area contributed by atoms with E-state index in [0.717, 1.165) is 39.3 Å². The lowest BCUT2D eigenvalue weighted by Crippen LogP contribution is -2.04. The molecule has 0 saturated carbocycles. The summed E-state index contributed by atoms with van der Waals surface area (Å²) in [4.78, 5) is 9.41. The molecule has 0 amide bonds. The quantitative estimate of drug-likeness (QED) is 0.438. The van der Waals surface area contributed by atoms with Crippen LogP contribution in [0.15, 0.2) is 70.5 Å². The van der Waals surface area contributed by atoms with Crippen LogP contribution in [0, 0.1) is 0 Å². The molecule has 0 bridgehead atoms. The number of nitrogens with zero attached hydrogens (tertiary/aromatic N) is 4. The summed E-state index contributed by atoms with van der Waals surface area (Å²) in [5, 5.41) is 16.1. The van der Waals surface area contributed by atoms with Crippen LogP contribution in [-0.2, 0) is 0 Å². The first-order valence-electron chi connectivity index (χ1n) is 7.70. The van der Waals surface area contributed by atoms with E-state index in [1.165, 1.54) is 0 Å². The summed E-state index contributed by atoms with van der Waals surface area (Å²) in [5.41, 5.74) is 6.17. The molecule has 0 unspecified atom stereocenters. The Labute approximate surface area is 151 Å². The van der Waals surface area contributed by atoms with Gasteiger partial charge in [0.1, 0.15) is 17.5 Å². The molecule has 2 aromatic carbocycles. The Morgan fingerprint density at radius 2 is 1.88 bits per heavy atom. The molecule has 0 atom stereocenters. The van der Waals surface area contributed by atoms with Crippen LogP contribution in [0.4, 0.5) is 5.69 Å². The first-order valence-corrected chi connectivity index (χ1v) is 8.49. The highest BCUT2D eigenvalue weighted by Crippen LogP contribution is 2.38. The molecule has 1 aliphatic heterocycles. The minimum absolute atomic E-state index is 0.0517. The lowest BCUT2D eigenvalue weighted by atomic mass is 10.0. The van der Waals surface area contributed by atoms with Gasteiger partial charge in [0.15, 0.2) is 0 Å². The van der Waals surface area contributed by atoms with Crippen molar-refractivity contribution in [1.29, 1.82) is 0 Å². The molecule has 0 spiro atoms. The minimum Gasteiger partial charge on any atom is -0.872 e. The topological polar surface area (TPSA) is 65.6 Å². The van der Waals surface area contributed by atoms with Gasteiger partial charge in [0, 0.05) is 27.4 Å². The molecule has 4 aromatic rings. The predicted molar refractivity (Wildman–Crippen MR) is 97.3 cm³/mol. The van der Waals surface area contributed by atoms with E-state index in [0.29, 0.717) is 4.47 Å². The van der Waals surface area contributed by atoms with Gasteiger partial charge < -0.3 is 5.11 Å². The van der Waals surface area contributed by atoms with Crippen molar-refractivity contribution in [2.24, 2.45) is 4.99 Å². The van der Waals surface area contributed by atoms with Crippen LogP contribution in [0.1, 0.15) is 11.1 Å². The molecule has 3 heterocycles. The van der Waals surface area contributed by atoms with E-state index in [2.05, 4.69) is 26.0 Å². The highest BCUT2D eigenvalue weighted by Gasteiger charge is 2.22. The van der Waals surface area contributed by atoms with E-state index in [1.54, 1.807) is 18.5 Å². The lowest BCUT2D eigenvalue weighted by molar-refractivity contribution is -0.269. The van der Waals surface area contributed by atoms with E-state index in [1.807, 2.05) is 47.1 Å². The highest BCUT2D eigenvalue weighted by atomic mass is 79.9. The molecule has 0 radical (unpaired) electrons. The number of hydrogen-bond acceptors (Lipinski definition) is 4. The molecule has 0 N–H and O–H groups in total. The van der Waals surface area contributed by atoms with E-state index in [-0.39, 0.29) is 5.75 Å². The van der Waals surface area contributed by atoms with Crippen LogP contribution >= 0.6 is 15.9 Å². The average molecular weight is 390 g/mol. The van der Waals surface area contributed by atoms with Crippen molar-refractivity contribution in [3.63, 3.8) is 0 Å². The summed E-state index contributed by atoms with van der Waals surface area (Å²) in [7, 11) is 0. The molecule has 5 rings (SSSR count). The van der Waals surface area contributed by atoms with Crippen LogP contribution in [-0.4, -0.2) is 20.3 Å². The van der Waals surface area contributed by atoms with Crippen molar-refractivity contribution in [3.8, 4) is 17.0 Å². The maximum absolute atomic E-state index is 11.7. The third kappa shape index (κ3) is 2.11. The monoisotopic (exact) mass is 389 g/mol. The lowest BCUT2D eigenvalue weighted by Gasteiger charge is -2.11. The standard InChI is InChI=1S/C19H11BrN4O/c20-14-9-11(5-6-16(14)25)17-13-7-8-24-19(13)18(21-10-22-24)12-3-1-2-4-15(12)23-17/h1-10,25H/p-1. The van der Waals surface area contributed by atoms with Gasteiger partial charge in [-0.2, -0.15) is 5.10 Å². The maximum atomic E-state index is 11.7. The summed E-state index contributed by atoms with van der Waals surface area (Å²) in [6.07, 6.45) is 3.45. The molecule has 5 nitrogen and oxygen atoms in total. The Morgan fingerprint density at radius 1 is 1.00 bits per heavy atom. The summed E-state index contributed by atoms with van der Waals surface area (Å²) < 4.78 is 2.33. The third-order valence-corrected chi connectivity index (χ3v) is 4.93. The van der Waals surface area contributed by atoms with Gasteiger partial charge in [0.2, 0.25) is 0 Å². The van der Waals surface area contributed by atoms with Gasteiger partial charge in [0.25, 0.3) is 0 Å². The third-order valence-electron chi connectivity index (χ3n) is 4.31. The second-order valence-electron chi connectivity index (χ2n) is 5.75. The largest absolute Gasteiger partial charge is 0.872 e. The fourth-order valence-corrected chi connectivity index (χ4v) is 3.54. The summed E-state index contributed by atoms with van der Waals surface area (Å²) in [6, 6.07) is 15.1. The van der Waals surface area contributed by atoms with Crippen LogP contribution in [0.5, 0.6) is 5.75 Å². The number of para-hydroxylation sites is 1. The van der Waals surface area contributed by atoms with Crippen LogP contribution in [0.2, 0.25) is 0 Å². The molecular formula is C19H10BrN4O-. The number of halogens is 1. The fourth-order valence-electron chi connectivity index (χ4n) is 3.16. The van der Waals surface area contributed by atoms with Gasteiger partial charge in [-0.15, -0.1) is 0 Å². The molecule has 0 fully saturated rings. The molecular weight excluding hydrogens is 380 g/mol. The summed E-state index contributed by atoms with van der Waals surface area (Å²) in [6.45, 7) is 0. The number of hydrogen-bond donors (Lipinski definition) is 0. The van der Waals surface area contributed by atoms with E-state index >= 15 is 0 Å². The molecule has 6 heteroatoms. The number of rotatable bonds is 1. The Morgan fingerprint density at radius 3 is 2.76 bits per heavy atom. The summed E-state index contributed by atoms with van der Waals surface area (Å²) >= 11 is 3.33. The van der Waals surface area contributed by atoms with Gasteiger partial charge >= 0.3 is 0 Å². The minimum atomic E-state index is -0.0517. The zero-order valence-electron chi connectivity index (χ0n) is 12.8. The van der Waals surface area contributed by atoms with Crippen molar-refractivity contribution >= 4 is 32.8 Å². The molecule has 0 saturated heterocycles. The number of aromatic nitrogens is 3. The van der Waals surface area contributed by atoms with Gasteiger partial charge in [-0.25, -0.2) is 14.5 Å². The normalized spacial score (nSPS) is 12.6.